The van der Waals surface area contributed by atoms with Crippen molar-refractivity contribution < 1.29 is 22.7 Å². The Kier molecular flexibility index (Phi) is 7.07. The van der Waals surface area contributed by atoms with Crippen LogP contribution in [0.5, 0.6) is 0 Å². The van der Waals surface area contributed by atoms with Crippen LogP contribution in [0.1, 0.15) is 17.3 Å². The number of amides is 1. The Hall–Kier alpha value is -2.20. The highest BCUT2D eigenvalue weighted by molar-refractivity contribution is 8.00. The zero-order valence-corrected chi connectivity index (χ0v) is 17.6. The third kappa shape index (κ3) is 5.66. The standard InChI is InChI=1S/C20H22N2O5S2/c1-15(23)21-17-4-6-18(7-5-17)28-14-20(24)16-2-8-19(9-3-16)29(25,26)22-10-12-27-13-11-22/h2-9H,10-14H2,1H3,(H,21,23). The minimum absolute atomic E-state index is 0.0868. The number of ether oxygens (including phenoxy) is 1. The number of hydrogen-bond donors (Lipinski definition) is 1. The highest BCUT2D eigenvalue weighted by Gasteiger charge is 2.26. The van der Waals surface area contributed by atoms with Gasteiger partial charge in [-0.25, -0.2) is 8.42 Å². The Bertz CT molecular complexity index is 967. The summed E-state index contributed by atoms with van der Waals surface area (Å²) in [5.74, 6) is 0.00519. The highest BCUT2D eigenvalue weighted by atomic mass is 32.2. The molecule has 0 aromatic heterocycles. The second-order valence-electron chi connectivity index (χ2n) is 6.46. The van der Waals surface area contributed by atoms with Crippen LogP contribution in [0.15, 0.2) is 58.3 Å². The number of nitrogens with zero attached hydrogens (tertiary/aromatic N) is 1. The molecule has 0 radical (unpaired) electrons. The lowest BCUT2D eigenvalue weighted by atomic mass is 10.1. The van der Waals surface area contributed by atoms with Crippen molar-refractivity contribution in [1.82, 2.24) is 4.31 Å². The monoisotopic (exact) mass is 434 g/mol. The number of hydrogen-bond acceptors (Lipinski definition) is 6. The number of carbonyl (C=O) groups is 2. The molecule has 2 aromatic carbocycles. The van der Waals surface area contributed by atoms with Gasteiger partial charge in [0.2, 0.25) is 15.9 Å². The van der Waals surface area contributed by atoms with Gasteiger partial charge in [0, 0.05) is 36.2 Å². The van der Waals surface area contributed by atoms with Gasteiger partial charge < -0.3 is 10.1 Å². The minimum Gasteiger partial charge on any atom is -0.379 e. The highest BCUT2D eigenvalue weighted by Crippen LogP contribution is 2.23. The summed E-state index contributed by atoms with van der Waals surface area (Å²) in [6.45, 7) is 2.89. The molecular weight excluding hydrogens is 412 g/mol. The van der Waals surface area contributed by atoms with Gasteiger partial charge in [-0.2, -0.15) is 4.31 Å². The number of Topliss-reactive ketones (excluding diaryl/α,β-unsaturated/α-hetero) is 1. The van der Waals surface area contributed by atoms with Gasteiger partial charge in [0.25, 0.3) is 0 Å². The van der Waals surface area contributed by atoms with Crippen molar-refractivity contribution in [2.24, 2.45) is 0 Å². The number of rotatable bonds is 7. The van der Waals surface area contributed by atoms with E-state index in [1.165, 1.54) is 35.1 Å². The van der Waals surface area contributed by atoms with E-state index >= 15 is 0 Å². The number of sulfonamides is 1. The van der Waals surface area contributed by atoms with Crippen molar-refractivity contribution >= 4 is 39.2 Å². The Balaban J connectivity index is 1.59. The van der Waals surface area contributed by atoms with Gasteiger partial charge in [0.1, 0.15) is 0 Å². The Morgan fingerprint density at radius 1 is 1.03 bits per heavy atom. The number of anilines is 1. The zero-order valence-electron chi connectivity index (χ0n) is 16.0. The third-order valence-electron chi connectivity index (χ3n) is 4.33. The summed E-state index contributed by atoms with van der Waals surface area (Å²) >= 11 is 1.38. The maximum absolute atomic E-state index is 12.6. The van der Waals surface area contributed by atoms with E-state index < -0.39 is 10.0 Å². The van der Waals surface area contributed by atoms with Gasteiger partial charge in [0.15, 0.2) is 5.78 Å². The van der Waals surface area contributed by atoms with Crippen LogP contribution in [-0.2, 0) is 19.6 Å². The molecule has 1 heterocycles. The van der Waals surface area contributed by atoms with Gasteiger partial charge >= 0.3 is 0 Å². The van der Waals surface area contributed by atoms with Gasteiger partial charge in [-0.05, 0) is 36.4 Å². The smallest absolute Gasteiger partial charge is 0.243 e. The van der Waals surface area contributed by atoms with Crippen LogP contribution in [0.3, 0.4) is 0 Å². The van der Waals surface area contributed by atoms with Crippen molar-refractivity contribution in [3.8, 4) is 0 Å². The molecule has 0 spiro atoms. The molecule has 0 aliphatic carbocycles. The molecule has 1 N–H and O–H groups in total. The Morgan fingerprint density at radius 2 is 1.66 bits per heavy atom. The molecule has 154 valence electrons. The zero-order chi connectivity index (χ0) is 20.9. The molecular formula is C20H22N2O5S2. The maximum Gasteiger partial charge on any atom is 0.243 e. The second kappa shape index (κ2) is 9.53. The molecule has 1 amide bonds. The second-order valence-corrected chi connectivity index (χ2v) is 9.44. The molecule has 0 saturated carbocycles. The summed E-state index contributed by atoms with van der Waals surface area (Å²) in [5, 5.41) is 2.69. The molecule has 1 saturated heterocycles. The Morgan fingerprint density at radius 3 is 2.24 bits per heavy atom. The van der Waals surface area contributed by atoms with Crippen molar-refractivity contribution in [2.75, 3.05) is 37.4 Å². The number of thioether (sulfide) groups is 1. The molecule has 1 aliphatic heterocycles. The Labute approximate surface area is 174 Å². The molecule has 2 aromatic rings. The number of nitrogens with one attached hydrogen (secondary N) is 1. The summed E-state index contributed by atoms with van der Waals surface area (Å²) in [6.07, 6.45) is 0. The van der Waals surface area contributed by atoms with Crippen molar-refractivity contribution in [3.63, 3.8) is 0 Å². The molecule has 7 nitrogen and oxygen atoms in total. The molecule has 3 rings (SSSR count). The van der Waals surface area contributed by atoms with E-state index in [-0.39, 0.29) is 22.3 Å². The topological polar surface area (TPSA) is 92.8 Å². The molecule has 29 heavy (non-hydrogen) atoms. The first-order valence-electron chi connectivity index (χ1n) is 9.08. The van der Waals surface area contributed by atoms with Gasteiger partial charge in [-0.1, -0.05) is 12.1 Å². The van der Waals surface area contributed by atoms with E-state index in [1.807, 2.05) is 12.1 Å². The van der Waals surface area contributed by atoms with E-state index in [2.05, 4.69) is 5.32 Å². The van der Waals surface area contributed by atoms with Gasteiger partial charge in [0.05, 0.1) is 23.9 Å². The quantitative estimate of drug-likeness (QED) is 0.532. The van der Waals surface area contributed by atoms with Gasteiger partial charge in [-0.3, -0.25) is 9.59 Å². The fraction of sp³-hybridized carbons (Fsp3) is 0.300. The predicted octanol–water partition coefficient (Wildman–Crippen LogP) is 2.64. The van der Waals surface area contributed by atoms with Crippen LogP contribution < -0.4 is 5.32 Å². The summed E-state index contributed by atoms with van der Waals surface area (Å²) in [6, 6.07) is 13.3. The largest absolute Gasteiger partial charge is 0.379 e. The average Bonchev–Trinajstić information content (AvgIpc) is 2.73. The lowest BCUT2D eigenvalue weighted by Gasteiger charge is -2.26. The maximum atomic E-state index is 12.6. The van der Waals surface area contributed by atoms with Crippen molar-refractivity contribution in [3.05, 3.63) is 54.1 Å². The number of morpholine rings is 1. The van der Waals surface area contributed by atoms with Crippen LogP contribution in [0.4, 0.5) is 5.69 Å². The SMILES string of the molecule is CC(=O)Nc1ccc(SCC(=O)c2ccc(S(=O)(=O)N3CCOCC3)cc2)cc1. The molecule has 1 aliphatic rings. The van der Waals surface area contributed by atoms with Crippen molar-refractivity contribution in [1.29, 1.82) is 0 Å². The van der Waals surface area contributed by atoms with Crippen LogP contribution in [0.25, 0.3) is 0 Å². The molecule has 0 atom stereocenters. The van der Waals surface area contributed by atoms with E-state index in [0.717, 1.165) is 4.90 Å². The van der Waals surface area contributed by atoms with Crippen LogP contribution >= 0.6 is 11.8 Å². The van der Waals surface area contributed by atoms with Crippen molar-refractivity contribution in [2.45, 2.75) is 16.7 Å². The summed E-state index contributed by atoms with van der Waals surface area (Å²) in [5.41, 5.74) is 1.17. The third-order valence-corrected chi connectivity index (χ3v) is 7.25. The lowest BCUT2D eigenvalue weighted by molar-refractivity contribution is -0.114. The first-order chi connectivity index (χ1) is 13.9. The molecule has 0 bridgehead atoms. The molecule has 0 unspecified atom stereocenters. The molecule has 9 heteroatoms. The van der Waals surface area contributed by atoms with E-state index in [0.29, 0.717) is 37.6 Å². The summed E-state index contributed by atoms with van der Waals surface area (Å²) < 4.78 is 31.9. The first kappa shape index (κ1) is 21.5. The normalized spacial score (nSPS) is 15.1. The van der Waals surface area contributed by atoms with E-state index in [9.17, 15) is 18.0 Å². The predicted molar refractivity (Wildman–Crippen MR) is 112 cm³/mol. The van der Waals surface area contributed by atoms with E-state index in [1.54, 1.807) is 24.3 Å². The fourth-order valence-electron chi connectivity index (χ4n) is 2.82. The first-order valence-corrected chi connectivity index (χ1v) is 11.5. The van der Waals surface area contributed by atoms with Gasteiger partial charge in [-0.15, -0.1) is 11.8 Å². The lowest BCUT2D eigenvalue weighted by Crippen LogP contribution is -2.40. The summed E-state index contributed by atoms with van der Waals surface area (Å²) in [7, 11) is -3.57. The molecule has 1 fully saturated rings. The van der Waals surface area contributed by atoms with Crippen LogP contribution in [0, 0.1) is 0 Å². The summed E-state index contributed by atoms with van der Waals surface area (Å²) in [4.78, 5) is 24.6. The van der Waals surface area contributed by atoms with Crippen LogP contribution in [-0.4, -0.2) is 56.5 Å². The number of ketones is 1. The minimum atomic E-state index is -3.57. The number of carbonyl (C=O) groups excluding carboxylic acids is 2. The number of benzene rings is 2. The average molecular weight is 435 g/mol. The van der Waals surface area contributed by atoms with Crippen LogP contribution in [0.2, 0.25) is 0 Å². The van der Waals surface area contributed by atoms with E-state index in [4.69, 9.17) is 4.74 Å². The fourth-order valence-corrected chi connectivity index (χ4v) is 5.02.